The second-order valence-corrected chi connectivity index (χ2v) is 10.1. The van der Waals surface area contributed by atoms with Crippen molar-refractivity contribution in [3.8, 4) is 0 Å². The summed E-state index contributed by atoms with van der Waals surface area (Å²) in [6, 6.07) is -0.556. The first-order chi connectivity index (χ1) is 13.4. The fraction of sp³-hybridized carbons (Fsp3) is 0.762. The lowest BCUT2D eigenvalue weighted by atomic mass is 9.99. The van der Waals surface area contributed by atoms with Gasteiger partial charge in [0.05, 0.1) is 19.2 Å². The molecule has 0 spiro atoms. The van der Waals surface area contributed by atoms with Crippen LogP contribution in [0.3, 0.4) is 0 Å². The van der Waals surface area contributed by atoms with Gasteiger partial charge >= 0.3 is 5.97 Å². The SMILES string of the molecule is CCOC(=O)/C(C)=C/C(C(C)C)N(C)C(=O)CNC(=O)C1N(C)CCSC1(C)C. The molecular weight excluding hydrogens is 390 g/mol. The van der Waals surface area contributed by atoms with Gasteiger partial charge < -0.3 is 15.0 Å². The number of nitrogens with one attached hydrogen (secondary N) is 1. The van der Waals surface area contributed by atoms with Crippen LogP contribution in [-0.4, -0.2) is 84.0 Å². The number of hydrogen-bond donors (Lipinski definition) is 1. The van der Waals surface area contributed by atoms with Gasteiger partial charge in [-0.25, -0.2) is 4.79 Å². The van der Waals surface area contributed by atoms with Crippen LogP contribution in [0.15, 0.2) is 11.6 Å². The van der Waals surface area contributed by atoms with Gasteiger partial charge in [0.15, 0.2) is 0 Å². The summed E-state index contributed by atoms with van der Waals surface area (Å²) >= 11 is 1.77. The average Bonchev–Trinajstić information content (AvgIpc) is 2.62. The van der Waals surface area contributed by atoms with Crippen molar-refractivity contribution < 1.29 is 19.1 Å². The molecule has 2 unspecified atom stereocenters. The van der Waals surface area contributed by atoms with E-state index in [-0.39, 0.29) is 47.1 Å². The van der Waals surface area contributed by atoms with Crippen LogP contribution in [0.4, 0.5) is 0 Å². The van der Waals surface area contributed by atoms with Gasteiger partial charge in [0.2, 0.25) is 11.8 Å². The number of rotatable bonds is 8. The molecule has 2 atom stereocenters. The van der Waals surface area contributed by atoms with E-state index in [4.69, 9.17) is 4.74 Å². The van der Waals surface area contributed by atoms with E-state index in [1.165, 1.54) is 0 Å². The second-order valence-electron chi connectivity index (χ2n) is 8.36. The Hall–Kier alpha value is -1.54. The Balaban J connectivity index is 2.79. The van der Waals surface area contributed by atoms with Gasteiger partial charge in [0, 0.05) is 29.7 Å². The van der Waals surface area contributed by atoms with Crippen molar-refractivity contribution >= 4 is 29.5 Å². The molecule has 0 saturated carbocycles. The number of thioether (sulfide) groups is 1. The first-order valence-corrected chi connectivity index (χ1v) is 11.1. The van der Waals surface area contributed by atoms with Gasteiger partial charge in [0.1, 0.15) is 6.04 Å². The van der Waals surface area contributed by atoms with Crippen LogP contribution in [0, 0.1) is 5.92 Å². The van der Waals surface area contributed by atoms with E-state index < -0.39 is 0 Å². The lowest BCUT2D eigenvalue weighted by Gasteiger charge is -2.43. The normalized spacial score (nSPS) is 20.9. The molecule has 166 valence electrons. The van der Waals surface area contributed by atoms with Gasteiger partial charge in [-0.15, -0.1) is 0 Å². The predicted octanol–water partition coefficient (Wildman–Crippen LogP) is 1.92. The minimum Gasteiger partial charge on any atom is -0.463 e. The van der Waals surface area contributed by atoms with Crippen LogP contribution in [0.2, 0.25) is 0 Å². The molecule has 8 heteroatoms. The minimum atomic E-state index is -0.382. The number of likely N-dealkylation sites (N-methyl/N-ethyl adjacent to an activating group) is 2. The largest absolute Gasteiger partial charge is 0.463 e. The Bertz CT molecular complexity index is 633. The van der Waals surface area contributed by atoms with Crippen molar-refractivity contribution in [3.63, 3.8) is 0 Å². The molecule has 2 amide bonds. The third kappa shape index (κ3) is 7.03. The number of carbonyl (C=O) groups is 3. The van der Waals surface area contributed by atoms with Gasteiger partial charge in [0.25, 0.3) is 0 Å². The zero-order valence-corrected chi connectivity index (χ0v) is 19.9. The van der Waals surface area contributed by atoms with E-state index in [0.717, 1.165) is 12.3 Å². The molecule has 29 heavy (non-hydrogen) atoms. The smallest absolute Gasteiger partial charge is 0.333 e. The quantitative estimate of drug-likeness (QED) is 0.471. The standard InChI is InChI=1S/C21H37N3O4S/c1-9-28-20(27)15(4)12-16(14(2)3)24(8)17(25)13-22-19(26)18-21(5,6)29-11-10-23(18)7/h12,14,16,18H,9-11,13H2,1-8H3,(H,22,26)/b15-12+. The highest BCUT2D eigenvalue weighted by molar-refractivity contribution is 8.00. The average molecular weight is 428 g/mol. The lowest BCUT2D eigenvalue weighted by Crippen LogP contribution is -2.59. The monoisotopic (exact) mass is 427 g/mol. The molecule has 1 heterocycles. The number of ether oxygens (including phenoxy) is 1. The highest BCUT2D eigenvalue weighted by atomic mass is 32.2. The molecule has 0 aliphatic carbocycles. The number of carbonyl (C=O) groups excluding carboxylic acids is 3. The fourth-order valence-corrected chi connectivity index (χ4v) is 4.93. The maximum atomic E-state index is 12.8. The molecule has 0 aromatic heterocycles. The Morgan fingerprint density at radius 2 is 1.97 bits per heavy atom. The Kier molecular flexibility index (Phi) is 9.68. The summed E-state index contributed by atoms with van der Waals surface area (Å²) in [5, 5.41) is 2.81. The molecule has 0 bridgehead atoms. The van der Waals surface area contributed by atoms with Crippen LogP contribution in [0.25, 0.3) is 0 Å². The number of hydrogen-bond acceptors (Lipinski definition) is 6. The van der Waals surface area contributed by atoms with E-state index in [1.54, 1.807) is 43.6 Å². The van der Waals surface area contributed by atoms with Crippen molar-refractivity contribution in [2.45, 2.75) is 58.4 Å². The molecule has 1 saturated heterocycles. The topological polar surface area (TPSA) is 79.0 Å². The second kappa shape index (κ2) is 11.0. The highest BCUT2D eigenvalue weighted by Gasteiger charge is 2.41. The van der Waals surface area contributed by atoms with Gasteiger partial charge in [-0.2, -0.15) is 11.8 Å². The summed E-state index contributed by atoms with van der Waals surface area (Å²) in [6.07, 6.45) is 1.76. The van der Waals surface area contributed by atoms with Crippen LogP contribution in [0.1, 0.15) is 41.5 Å². The highest BCUT2D eigenvalue weighted by Crippen LogP contribution is 2.34. The third-order valence-corrected chi connectivity index (χ3v) is 6.58. The van der Waals surface area contributed by atoms with Crippen molar-refractivity contribution in [1.82, 2.24) is 15.1 Å². The zero-order valence-electron chi connectivity index (χ0n) is 19.1. The summed E-state index contributed by atoms with van der Waals surface area (Å²) in [4.78, 5) is 41.1. The number of nitrogens with zero attached hydrogens (tertiary/aromatic N) is 2. The Morgan fingerprint density at radius 3 is 2.48 bits per heavy atom. The van der Waals surface area contributed by atoms with Crippen LogP contribution in [-0.2, 0) is 19.1 Å². The third-order valence-electron chi connectivity index (χ3n) is 5.22. The summed E-state index contributed by atoms with van der Waals surface area (Å²) in [5.41, 5.74) is 0.469. The Labute approximate surface area is 179 Å². The van der Waals surface area contributed by atoms with Gasteiger partial charge in [-0.1, -0.05) is 19.9 Å². The maximum Gasteiger partial charge on any atom is 0.333 e. The summed E-state index contributed by atoms with van der Waals surface area (Å²) in [7, 11) is 3.64. The summed E-state index contributed by atoms with van der Waals surface area (Å²) in [5.74, 6) is 0.368. The van der Waals surface area contributed by atoms with Crippen LogP contribution < -0.4 is 5.32 Å². The van der Waals surface area contributed by atoms with Gasteiger partial charge in [-0.05, 0) is 40.7 Å². The van der Waals surface area contributed by atoms with E-state index in [0.29, 0.717) is 12.2 Å². The first kappa shape index (κ1) is 25.5. The van der Waals surface area contributed by atoms with E-state index in [2.05, 4.69) is 19.2 Å². The predicted molar refractivity (Wildman–Crippen MR) is 118 cm³/mol. The summed E-state index contributed by atoms with van der Waals surface area (Å²) in [6.45, 7) is 12.6. The number of amides is 2. The summed E-state index contributed by atoms with van der Waals surface area (Å²) < 4.78 is 4.81. The lowest BCUT2D eigenvalue weighted by molar-refractivity contribution is -0.138. The molecule has 1 aliphatic rings. The van der Waals surface area contributed by atoms with Crippen molar-refractivity contribution in [3.05, 3.63) is 11.6 Å². The molecule has 7 nitrogen and oxygen atoms in total. The van der Waals surface area contributed by atoms with E-state index in [9.17, 15) is 14.4 Å². The van der Waals surface area contributed by atoms with Gasteiger partial charge in [-0.3, -0.25) is 14.5 Å². The fourth-order valence-electron chi connectivity index (χ4n) is 3.58. The minimum absolute atomic E-state index is 0.0735. The molecule has 1 rings (SSSR count). The maximum absolute atomic E-state index is 12.8. The van der Waals surface area contributed by atoms with Crippen LogP contribution >= 0.6 is 11.8 Å². The van der Waals surface area contributed by atoms with Crippen molar-refractivity contribution in [2.24, 2.45) is 5.92 Å². The molecule has 1 N–H and O–H groups in total. The molecular formula is C21H37N3O4S. The van der Waals surface area contributed by atoms with E-state index >= 15 is 0 Å². The van der Waals surface area contributed by atoms with Crippen molar-refractivity contribution in [1.29, 1.82) is 0 Å². The van der Waals surface area contributed by atoms with E-state index in [1.807, 2.05) is 25.8 Å². The molecule has 0 aromatic rings. The first-order valence-electron chi connectivity index (χ1n) is 10.2. The molecule has 1 fully saturated rings. The zero-order chi connectivity index (χ0) is 22.4. The molecule has 0 aromatic carbocycles. The molecule has 0 radical (unpaired) electrons. The van der Waals surface area contributed by atoms with Crippen molar-refractivity contribution in [2.75, 3.05) is 39.5 Å². The Morgan fingerprint density at radius 1 is 1.34 bits per heavy atom. The molecule has 1 aliphatic heterocycles. The van der Waals surface area contributed by atoms with Crippen LogP contribution in [0.5, 0.6) is 0 Å². The number of esters is 1.